The number of ether oxygens (including phenoxy) is 1. The number of furan rings is 1. The van der Waals surface area contributed by atoms with E-state index in [1.807, 2.05) is 11.9 Å². The molecule has 1 fully saturated rings. The van der Waals surface area contributed by atoms with Gasteiger partial charge in [0, 0.05) is 20.2 Å². The Labute approximate surface area is 132 Å². The minimum Gasteiger partial charge on any atom is -0.453 e. The van der Waals surface area contributed by atoms with Crippen LogP contribution in [0, 0.1) is 5.92 Å². The first-order valence-corrected chi connectivity index (χ1v) is 7.26. The van der Waals surface area contributed by atoms with Crippen molar-refractivity contribution in [3.8, 4) is 0 Å². The Kier molecular flexibility index (Phi) is 7.78. The summed E-state index contributed by atoms with van der Waals surface area (Å²) in [5.74, 6) is 1.84. The number of methoxy groups -OCH3 is 1. The summed E-state index contributed by atoms with van der Waals surface area (Å²) in [5, 5.41) is 3.18. The summed E-state index contributed by atoms with van der Waals surface area (Å²) in [6.07, 6.45) is 3.36. The van der Waals surface area contributed by atoms with E-state index in [-0.39, 0.29) is 18.3 Å². The summed E-state index contributed by atoms with van der Waals surface area (Å²) in [4.78, 5) is 14.2. The van der Waals surface area contributed by atoms with Crippen molar-refractivity contribution in [2.75, 3.05) is 33.8 Å². The second kappa shape index (κ2) is 9.07. The summed E-state index contributed by atoms with van der Waals surface area (Å²) in [6.45, 7) is 3.11. The lowest BCUT2D eigenvalue weighted by Gasteiger charge is -2.31. The predicted molar refractivity (Wildman–Crippen MR) is 83.8 cm³/mol. The summed E-state index contributed by atoms with van der Waals surface area (Å²) < 4.78 is 10.5. The van der Waals surface area contributed by atoms with Gasteiger partial charge in [0.15, 0.2) is 5.76 Å². The number of halogens is 1. The normalized spacial score (nSPS) is 15.8. The summed E-state index contributed by atoms with van der Waals surface area (Å²) in [5.41, 5.74) is 0. The summed E-state index contributed by atoms with van der Waals surface area (Å²) in [7, 11) is 3.59. The molecule has 0 unspecified atom stereocenters. The van der Waals surface area contributed by atoms with Gasteiger partial charge in [-0.1, -0.05) is 0 Å². The van der Waals surface area contributed by atoms with Crippen molar-refractivity contribution in [2.24, 2.45) is 5.92 Å². The number of hydrogen-bond donors (Lipinski definition) is 1. The first kappa shape index (κ1) is 18.0. The van der Waals surface area contributed by atoms with E-state index in [4.69, 9.17) is 9.15 Å². The van der Waals surface area contributed by atoms with Crippen LogP contribution < -0.4 is 5.32 Å². The van der Waals surface area contributed by atoms with E-state index in [1.54, 1.807) is 19.2 Å². The molecular weight excluding hydrogens is 292 g/mol. The highest BCUT2D eigenvalue weighted by Gasteiger charge is 2.25. The maximum absolute atomic E-state index is 12.3. The number of nitrogens with one attached hydrogen (secondary N) is 1. The van der Waals surface area contributed by atoms with E-state index in [1.165, 1.54) is 6.42 Å². The molecule has 0 spiro atoms. The highest BCUT2D eigenvalue weighted by molar-refractivity contribution is 5.91. The third-order valence-corrected chi connectivity index (χ3v) is 3.86. The number of rotatable bonds is 6. The minimum atomic E-state index is -0.000537. The Morgan fingerprint density at radius 3 is 2.76 bits per heavy atom. The first-order valence-electron chi connectivity index (χ1n) is 7.26. The second-order valence-electron chi connectivity index (χ2n) is 5.33. The molecule has 6 heteroatoms. The van der Waals surface area contributed by atoms with Crippen LogP contribution in [0.15, 0.2) is 16.5 Å². The molecule has 1 N–H and O–H groups in total. The van der Waals surface area contributed by atoms with Crippen LogP contribution in [0.25, 0.3) is 0 Å². The van der Waals surface area contributed by atoms with Gasteiger partial charge in [0.25, 0.3) is 5.91 Å². The lowest BCUT2D eigenvalue weighted by Crippen LogP contribution is -2.38. The van der Waals surface area contributed by atoms with Gasteiger partial charge in [0.05, 0.1) is 0 Å². The van der Waals surface area contributed by atoms with Crippen LogP contribution in [0.3, 0.4) is 0 Å². The van der Waals surface area contributed by atoms with Crippen LogP contribution in [0.5, 0.6) is 0 Å². The third-order valence-electron chi connectivity index (χ3n) is 3.86. The van der Waals surface area contributed by atoms with Crippen molar-refractivity contribution in [1.29, 1.82) is 0 Å². The maximum atomic E-state index is 12.3. The van der Waals surface area contributed by atoms with Crippen LogP contribution in [0.2, 0.25) is 0 Å². The molecule has 21 heavy (non-hydrogen) atoms. The molecule has 5 nitrogen and oxygen atoms in total. The Morgan fingerprint density at radius 2 is 2.14 bits per heavy atom. The number of carbonyl (C=O) groups is 1. The molecule has 1 aromatic heterocycles. The molecule has 1 amide bonds. The lowest BCUT2D eigenvalue weighted by atomic mass is 9.93. The predicted octanol–water partition coefficient (Wildman–Crippen LogP) is 2.31. The zero-order valence-corrected chi connectivity index (χ0v) is 13.6. The highest BCUT2D eigenvalue weighted by Crippen LogP contribution is 2.22. The van der Waals surface area contributed by atoms with Gasteiger partial charge in [-0.05, 0) is 50.9 Å². The van der Waals surface area contributed by atoms with Crippen molar-refractivity contribution in [3.05, 3.63) is 23.7 Å². The maximum Gasteiger partial charge on any atom is 0.289 e. The molecule has 1 saturated heterocycles. The van der Waals surface area contributed by atoms with Crippen LogP contribution in [-0.2, 0) is 11.3 Å². The van der Waals surface area contributed by atoms with E-state index in [9.17, 15) is 4.79 Å². The zero-order chi connectivity index (χ0) is 14.4. The van der Waals surface area contributed by atoms with Gasteiger partial charge in [-0.2, -0.15) is 0 Å². The van der Waals surface area contributed by atoms with Crippen molar-refractivity contribution >= 4 is 18.3 Å². The molecule has 2 heterocycles. The Balaban J connectivity index is 0.00000220. The first-order chi connectivity index (χ1) is 9.74. The second-order valence-corrected chi connectivity index (χ2v) is 5.33. The Morgan fingerprint density at radius 1 is 1.43 bits per heavy atom. The fourth-order valence-corrected chi connectivity index (χ4v) is 2.64. The van der Waals surface area contributed by atoms with Crippen LogP contribution >= 0.6 is 12.4 Å². The number of nitrogens with zero attached hydrogens (tertiary/aromatic N) is 1. The molecule has 120 valence electrons. The van der Waals surface area contributed by atoms with Crippen LogP contribution in [-0.4, -0.2) is 44.6 Å². The molecule has 0 aromatic carbocycles. The average Bonchev–Trinajstić information content (AvgIpc) is 2.94. The van der Waals surface area contributed by atoms with Crippen molar-refractivity contribution in [2.45, 2.75) is 25.9 Å². The van der Waals surface area contributed by atoms with Crippen LogP contribution in [0.1, 0.15) is 35.6 Å². The van der Waals surface area contributed by atoms with E-state index < -0.39 is 0 Å². The quantitative estimate of drug-likeness (QED) is 0.875. The molecular formula is C15H25ClN2O3. The van der Waals surface area contributed by atoms with Gasteiger partial charge in [0.2, 0.25) is 0 Å². The zero-order valence-electron chi connectivity index (χ0n) is 12.8. The monoisotopic (exact) mass is 316 g/mol. The largest absolute Gasteiger partial charge is 0.453 e. The van der Waals surface area contributed by atoms with Gasteiger partial charge in [0.1, 0.15) is 12.4 Å². The number of hydrogen-bond acceptors (Lipinski definition) is 4. The average molecular weight is 317 g/mol. The lowest BCUT2D eigenvalue weighted by molar-refractivity contribution is 0.0648. The number of amides is 1. The van der Waals surface area contributed by atoms with Gasteiger partial charge < -0.3 is 19.4 Å². The molecule has 0 radical (unpaired) electrons. The van der Waals surface area contributed by atoms with E-state index in [0.717, 1.165) is 38.4 Å². The van der Waals surface area contributed by atoms with Crippen molar-refractivity contribution in [1.82, 2.24) is 10.2 Å². The van der Waals surface area contributed by atoms with E-state index in [0.29, 0.717) is 18.1 Å². The summed E-state index contributed by atoms with van der Waals surface area (Å²) >= 11 is 0. The number of likely N-dealkylation sites (tertiary alicyclic amines) is 1. The SMILES string of the molecule is CNCCC1CCN(C(=O)c2ccc(COC)o2)CC1.Cl. The van der Waals surface area contributed by atoms with Gasteiger partial charge in [-0.15, -0.1) is 12.4 Å². The fourth-order valence-electron chi connectivity index (χ4n) is 2.64. The van der Waals surface area contributed by atoms with Crippen molar-refractivity contribution in [3.63, 3.8) is 0 Å². The number of carbonyl (C=O) groups excluding carboxylic acids is 1. The third kappa shape index (κ3) is 5.02. The smallest absolute Gasteiger partial charge is 0.289 e. The molecule has 0 bridgehead atoms. The molecule has 1 aliphatic rings. The standard InChI is InChI=1S/C15H24N2O3.ClH/c1-16-8-5-12-6-9-17(10-7-12)15(18)14-4-3-13(20-14)11-19-2;/h3-4,12,16H,5-11H2,1-2H3;1H. The molecule has 0 atom stereocenters. The van der Waals surface area contributed by atoms with E-state index in [2.05, 4.69) is 5.32 Å². The summed E-state index contributed by atoms with van der Waals surface area (Å²) in [6, 6.07) is 3.54. The minimum absolute atomic E-state index is 0. The fraction of sp³-hybridized carbons (Fsp3) is 0.667. The topological polar surface area (TPSA) is 54.7 Å². The van der Waals surface area contributed by atoms with Gasteiger partial charge in [-0.25, -0.2) is 0 Å². The number of piperidine rings is 1. The molecule has 2 rings (SSSR count). The van der Waals surface area contributed by atoms with Gasteiger partial charge in [-0.3, -0.25) is 4.79 Å². The van der Waals surface area contributed by atoms with E-state index >= 15 is 0 Å². The molecule has 1 aliphatic heterocycles. The molecule has 0 aliphatic carbocycles. The Bertz CT molecular complexity index is 428. The Hall–Kier alpha value is -1.04. The molecule has 0 saturated carbocycles. The van der Waals surface area contributed by atoms with Crippen LogP contribution in [0.4, 0.5) is 0 Å². The molecule has 1 aromatic rings. The van der Waals surface area contributed by atoms with Gasteiger partial charge >= 0.3 is 0 Å². The van der Waals surface area contributed by atoms with Crippen molar-refractivity contribution < 1.29 is 13.9 Å². The highest BCUT2D eigenvalue weighted by atomic mass is 35.5.